The quantitative estimate of drug-likeness (QED) is 0.882. The zero-order valence-electron chi connectivity index (χ0n) is 10.7. The SMILES string of the molecule is O=C(O)N[C@@H]1CCN(c2ccc3cc(F)ccc3n2)C1. The molecule has 2 heterocycles. The Kier molecular flexibility index (Phi) is 3.14. The molecular weight excluding hydrogens is 261 g/mol. The van der Waals surface area contributed by atoms with E-state index in [9.17, 15) is 9.18 Å². The number of aromatic nitrogens is 1. The van der Waals surface area contributed by atoms with E-state index >= 15 is 0 Å². The van der Waals surface area contributed by atoms with Crippen molar-refractivity contribution in [1.29, 1.82) is 0 Å². The number of hydrogen-bond acceptors (Lipinski definition) is 3. The van der Waals surface area contributed by atoms with Crippen molar-refractivity contribution < 1.29 is 14.3 Å². The van der Waals surface area contributed by atoms with Crippen LogP contribution in [0.1, 0.15) is 6.42 Å². The van der Waals surface area contributed by atoms with E-state index in [1.54, 1.807) is 6.07 Å². The number of anilines is 1. The molecule has 1 saturated heterocycles. The van der Waals surface area contributed by atoms with Crippen molar-refractivity contribution in [2.45, 2.75) is 12.5 Å². The Bertz CT molecular complexity index is 662. The second-order valence-electron chi connectivity index (χ2n) is 4.89. The predicted octanol–water partition coefficient (Wildman–Crippen LogP) is 2.22. The summed E-state index contributed by atoms with van der Waals surface area (Å²) >= 11 is 0. The van der Waals surface area contributed by atoms with Crippen LogP contribution in [0, 0.1) is 5.82 Å². The summed E-state index contributed by atoms with van der Waals surface area (Å²) in [5, 5.41) is 12.0. The minimum atomic E-state index is -1.00. The molecule has 104 valence electrons. The van der Waals surface area contributed by atoms with Crippen molar-refractivity contribution in [2.75, 3.05) is 18.0 Å². The second-order valence-corrected chi connectivity index (χ2v) is 4.89. The molecule has 1 aliphatic rings. The fourth-order valence-electron chi connectivity index (χ4n) is 2.52. The average Bonchev–Trinajstić information content (AvgIpc) is 2.85. The van der Waals surface area contributed by atoms with Crippen molar-refractivity contribution in [3.63, 3.8) is 0 Å². The minimum Gasteiger partial charge on any atom is -0.465 e. The van der Waals surface area contributed by atoms with Gasteiger partial charge < -0.3 is 15.3 Å². The second kappa shape index (κ2) is 4.96. The van der Waals surface area contributed by atoms with Crippen LogP contribution in [0.4, 0.5) is 15.0 Å². The summed E-state index contributed by atoms with van der Waals surface area (Å²) in [6.07, 6.45) is -0.242. The maximum absolute atomic E-state index is 13.1. The Morgan fingerprint density at radius 2 is 2.25 bits per heavy atom. The van der Waals surface area contributed by atoms with Gasteiger partial charge in [-0.1, -0.05) is 0 Å². The summed E-state index contributed by atoms with van der Waals surface area (Å²) in [6, 6.07) is 8.09. The smallest absolute Gasteiger partial charge is 0.404 e. The zero-order chi connectivity index (χ0) is 14.1. The normalized spacial score (nSPS) is 18.4. The van der Waals surface area contributed by atoms with E-state index in [1.807, 2.05) is 17.0 Å². The van der Waals surface area contributed by atoms with Gasteiger partial charge in [0.1, 0.15) is 11.6 Å². The zero-order valence-corrected chi connectivity index (χ0v) is 10.7. The van der Waals surface area contributed by atoms with Crippen molar-refractivity contribution in [1.82, 2.24) is 10.3 Å². The van der Waals surface area contributed by atoms with E-state index in [4.69, 9.17) is 5.11 Å². The van der Waals surface area contributed by atoms with Gasteiger partial charge in [0.05, 0.1) is 11.6 Å². The molecule has 1 aliphatic heterocycles. The number of fused-ring (bicyclic) bond motifs is 1. The fourth-order valence-corrected chi connectivity index (χ4v) is 2.52. The molecule has 5 nitrogen and oxygen atoms in total. The third-order valence-corrected chi connectivity index (χ3v) is 3.48. The lowest BCUT2D eigenvalue weighted by molar-refractivity contribution is 0.191. The van der Waals surface area contributed by atoms with Crippen molar-refractivity contribution >= 4 is 22.8 Å². The first-order valence-corrected chi connectivity index (χ1v) is 6.42. The summed E-state index contributed by atoms with van der Waals surface area (Å²) in [5.74, 6) is 0.512. The fraction of sp³-hybridized carbons (Fsp3) is 0.286. The molecule has 1 amide bonds. The Hall–Kier alpha value is -2.37. The predicted molar refractivity (Wildman–Crippen MR) is 73.5 cm³/mol. The first-order valence-electron chi connectivity index (χ1n) is 6.42. The highest BCUT2D eigenvalue weighted by atomic mass is 19.1. The number of carbonyl (C=O) groups is 1. The van der Waals surface area contributed by atoms with Gasteiger partial charge >= 0.3 is 6.09 Å². The molecule has 2 aromatic rings. The van der Waals surface area contributed by atoms with Crippen molar-refractivity contribution in [2.24, 2.45) is 0 Å². The van der Waals surface area contributed by atoms with Crippen LogP contribution in [-0.4, -0.2) is 35.3 Å². The van der Waals surface area contributed by atoms with E-state index in [0.717, 1.165) is 29.7 Å². The van der Waals surface area contributed by atoms with Gasteiger partial charge in [-0.3, -0.25) is 0 Å². The van der Waals surface area contributed by atoms with Gasteiger partial charge in [0.2, 0.25) is 0 Å². The molecule has 3 rings (SSSR count). The van der Waals surface area contributed by atoms with Crippen LogP contribution in [0.5, 0.6) is 0 Å². The van der Waals surface area contributed by atoms with Gasteiger partial charge in [0.15, 0.2) is 0 Å². The molecule has 0 unspecified atom stereocenters. The molecule has 6 heteroatoms. The van der Waals surface area contributed by atoms with E-state index in [0.29, 0.717) is 6.54 Å². The number of halogens is 1. The maximum Gasteiger partial charge on any atom is 0.404 e. The number of nitrogens with zero attached hydrogens (tertiary/aromatic N) is 2. The molecule has 1 aromatic carbocycles. The van der Waals surface area contributed by atoms with Crippen LogP contribution < -0.4 is 10.2 Å². The number of pyridine rings is 1. The van der Waals surface area contributed by atoms with Crippen molar-refractivity contribution in [3.05, 3.63) is 36.1 Å². The van der Waals surface area contributed by atoms with E-state index in [1.165, 1.54) is 12.1 Å². The highest BCUT2D eigenvalue weighted by molar-refractivity contribution is 5.80. The molecule has 0 spiro atoms. The van der Waals surface area contributed by atoms with Crippen LogP contribution in [0.3, 0.4) is 0 Å². The molecule has 0 radical (unpaired) electrons. The molecule has 0 bridgehead atoms. The summed E-state index contributed by atoms with van der Waals surface area (Å²) in [6.45, 7) is 1.36. The van der Waals surface area contributed by atoms with Gasteiger partial charge in [0, 0.05) is 18.5 Å². The monoisotopic (exact) mass is 275 g/mol. The number of rotatable bonds is 2. The number of carboxylic acid groups (broad SMARTS) is 1. The summed E-state index contributed by atoms with van der Waals surface area (Å²) in [7, 11) is 0. The lowest BCUT2D eigenvalue weighted by atomic mass is 10.2. The Balaban J connectivity index is 1.81. The summed E-state index contributed by atoms with van der Waals surface area (Å²) < 4.78 is 13.1. The lowest BCUT2D eigenvalue weighted by Crippen LogP contribution is -2.36. The molecule has 0 aliphatic carbocycles. The van der Waals surface area contributed by atoms with Crippen LogP contribution >= 0.6 is 0 Å². The lowest BCUT2D eigenvalue weighted by Gasteiger charge is -2.17. The van der Waals surface area contributed by atoms with Gasteiger partial charge in [-0.25, -0.2) is 14.2 Å². The van der Waals surface area contributed by atoms with Crippen molar-refractivity contribution in [3.8, 4) is 0 Å². The molecule has 20 heavy (non-hydrogen) atoms. The highest BCUT2D eigenvalue weighted by Gasteiger charge is 2.24. The number of hydrogen-bond donors (Lipinski definition) is 2. The largest absolute Gasteiger partial charge is 0.465 e. The van der Waals surface area contributed by atoms with Gasteiger partial charge in [-0.2, -0.15) is 0 Å². The standard InChI is InChI=1S/C14H14FN3O2/c15-10-2-3-12-9(7-10)1-4-13(17-12)18-6-5-11(8-18)16-14(19)20/h1-4,7,11,16H,5-6,8H2,(H,19,20)/t11-/m1/s1. The van der Waals surface area contributed by atoms with E-state index in [2.05, 4.69) is 10.3 Å². The molecule has 1 fully saturated rings. The molecule has 1 aromatic heterocycles. The molecule has 0 saturated carbocycles. The number of benzene rings is 1. The van der Waals surface area contributed by atoms with Gasteiger partial charge in [0.25, 0.3) is 0 Å². The summed E-state index contributed by atoms with van der Waals surface area (Å²) in [5.41, 5.74) is 0.735. The molecular formula is C14H14FN3O2. The molecule has 2 N–H and O–H groups in total. The topological polar surface area (TPSA) is 65.5 Å². The van der Waals surface area contributed by atoms with E-state index < -0.39 is 6.09 Å². The summed E-state index contributed by atoms with van der Waals surface area (Å²) in [4.78, 5) is 17.2. The minimum absolute atomic E-state index is 0.0711. The Labute approximate surface area is 115 Å². The van der Waals surface area contributed by atoms with Gasteiger partial charge in [-0.15, -0.1) is 0 Å². The maximum atomic E-state index is 13.1. The first-order chi connectivity index (χ1) is 9.61. The third-order valence-electron chi connectivity index (χ3n) is 3.48. The first kappa shape index (κ1) is 12.7. The number of amides is 1. The van der Waals surface area contributed by atoms with Crippen LogP contribution in [0.25, 0.3) is 10.9 Å². The Morgan fingerprint density at radius 1 is 1.40 bits per heavy atom. The van der Waals surface area contributed by atoms with Gasteiger partial charge in [-0.05, 0) is 36.8 Å². The van der Waals surface area contributed by atoms with Crippen LogP contribution in [0.15, 0.2) is 30.3 Å². The average molecular weight is 275 g/mol. The van der Waals surface area contributed by atoms with E-state index in [-0.39, 0.29) is 11.9 Å². The van der Waals surface area contributed by atoms with Crippen LogP contribution in [-0.2, 0) is 0 Å². The van der Waals surface area contributed by atoms with Crippen LogP contribution in [0.2, 0.25) is 0 Å². The molecule has 1 atom stereocenters. The number of nitrogens with one attached hydrogen (secondary N) is 1. The Morgan fingerprint density at radius 3 is 3.05 bits per heavy atom. The highest BCUT2D eigenvalue weighted by Crippen LogP contribution is 2.22. The third kappa shape index (κ3) is 2.49.